The predicted octanol–water partition coefficient (Wildman–Crippen LogP) is 25.1. The number of allylic oxidation sites excluding steroid dienone is 2. The second kappa shape index (κ2) is 73.1. The molecule has 6 heteroatoms. The van der Waals surface area contributed by atoms with Crippen molar-refractivity contribution in [3.05, 3.63) is 12.2 Å². The van der Waals surface area contributed by atoms with Gasteiger partial charge < -0.3 is 20.3 Å². The predicted molar refractivity (Wildman–Crippen MR) is 366 cm³/mol. The Hall–Kier alpha value is -1.40. The van der Waals surface area contributed by atoms with Crippen LogP contribution >= 0.6 is 0 Å². The summed E-state index contributed by atoms with van der Waals surface area (Å²) in [5.74, 6) is -0.00228. The number of ether oxygens (including phenoxy) is 1. The number of carbonyl (C=O) groups excluding carboxylic acids is 2. The Balaban J connectivity index is 3.29. The van der Waals surface area contributed by atoms with Gasteiger partial charge in [0.1, 0.15) is 0 Å². The first-order chi connectivity index (χ1) is 41.0. The lowest BCUT2D eigenvalue weighted by molar-refractivity contribution is -0.143. The molecule has 0 aromatic carbocycles. The van der Waals surface area contributed by atoms with Gasteiger partial charge in [-0.25, -0.2) is 0 Å². The lowest BCUT2D eigenvalue weighted by atomic mass is 10.0. The Morgan fingerprint density at radius 1 is 0.325 bits per heavy atom. The molecule has 0 saturated carbocycles. The number of unbranched alkanes of at least 4 members (excludes halogenated alkanes) is 60. The van der Waals surface area contributed by atoms with Crippen molar-refractivity contribution in [2.75, 3.05) is 13.2 Å². The molecular formula is C77H151NO5. The zero-order chi connectivity index (χ0) is 59.9. The topological polar surface area (TPSA) is 95.9 Å². The number of esters is 1. The van der Waals surface area contributed by atoms with Crippen LogP contribution in [0.25, 0.3) is 0 Å². The highest BCUT2D eigenvalue weighted by Crippen LogP contribution is 2.20. The number of hydrogen-bond acceptors (Lipinski definition) is 5. The Kier molecular flexibility index (Phi) is 71.8. The molecule has 0 aliphatic rings. The molecule has 494 valence electrons. The summed E-state index contributed by atoms with van der Waals surface area (Å²) in [5, 5.41) is 23.3. The van der Waals surface area contributed by atoms with Crippen LogP contribution in [0.3, 0.4) is 0 Å². The van der Waals surface area contributed by atoms with Crippen molar-refractivity contribution in [1.29, 1.82) is 0 Å². The summed E-state index contributed by atoms with van der Waals surface area (Å²) < 4.78 is 5.51. The lowest BCUT2D eigenvalue weighted by Crippen LogP contribution is -2.45. The van der Waals surface area contributed by atoms with E-state index in [9.17, 15) is 19.8 Å². The van der Waals surface area contributed by atoms with E-state index in [0.29, 0.717) is 25.9 Å². The molecule has 0 aromatic heterocycles. The Morgan fingerprint density at radius 3 is 0.855 bits per heavy atom. The molecule has 0 spiro atoms. The first-order valence-electron chi connectivity index (χ1n) is 38.4. The van der Waals surface area contributed by atoms with Crippen molar-refractivity contribution in [3.8, 4) is 0 Å². The van der Waals surface area contributed by atoms with Gasteiger partial charge in [-0.2, -0.15) is 0 Å². The van der Waals surface area contributed by atoms with Crippen LogP contribution in [0, 0.1) is 0 Å². The second-order valence-corrected chi connectivity index (χ2v) is 26.7. The van der Waals surface area contributed by atoms with Crippen LogP contribution in [0.5, 0.6) is 0 Å². The van der Waals surface area contributed by atoms with Gasteiger partial charge in [-0.15, -0.1) is 0 Å². The third kappa shape index (κ3) is 69.6. The Labute approximate surface area is 520 Å². The molecule has 0 heterocycles. The van der Waals surface area contributed by atoms with Crippen molar-refractivity contribution in [2.24, 2.45) is 0 Å². The highest BCUT2D eigenvalue weighted by Gasteiger charge is 2.20. The summed E-state index contributed by atoms with van der Waals surface area (Å²) in [6, 6.07) is -0.537. The summed E-state index contributed by atoms with van der Waals surface area (Å²) in [6.07, 6.45) is 91.7. The largest absolute Gasteiger partial charge is 0.466 e. The van der Waals surface area contributed by atoms with Crippen molar-refractivity contribution in [3.63, 3.8) is 0 Å². The monoisotopic (exact) mass is 1170 g/mol. The molecule has 2 atom stereocenters. The number of aliphatic hydroxyl groups excluding tert-OH is 2. The first-order valence-corrected chi connectivity index (χ1v) is 38.4. The third-order valence-corrected chi connectivity index (χ3v) is 18.3. The molecule has 83 heavy (non-hydrogen) atoms. The van der Waals surface area contributed by atoms with Crippen LogP contribution < -0.4 is 5.32 Å². The number of amides is 1. The van der Waals surface area contributed by atoms with Gasteiger partial charge in [-0.1, -0.05) is 392 Å². The quantitative estimate of drug-likeness (QED) is 0.0320. The molecule has 2 unspecified atom stereocenters. The maximum atomic E-state index is 12.5. The van der Waals surface area contributed by atoms with E-state index >= 15 is 0 Å². The highest BCUT2D eigenvalue weighted by atomic mass is 16.5. The minimum atomic E-state index is -0.659. The van der Waals surface area contributed by atoms with Gasteiger partial charge in [-0.05, 0) is 51.4 Å². The number of rotatable bonds is 73. The third-order valence-electron chi connectivity index (χ3n) is 18.3. The van der Waals surface area contributed by atoms with Crippen LogP contribution in [0.2, 0.25) is 0 Å². The SMILES string of the molecule is CCCCCCCCCCCCCCCCCCCC(=O)OCCCCCCCCCCCCCCCCCC/C=C\CCCCCCCCCCCCCCCCCCCC(=O)NC(CO)C(O)CCCCCCCCCCCCCC. The number of nitrogens with one attached hydrogen (secondary N) is 1. The number of carbonyl (C=O) groups is 2. The summed E-state index contributed by atoms with van der Waals surface area (Å²) in [6.45, 7) is 5.00. The van der Waals surface area contributed by atoms with Crippen molar-refractivity contribution in [1.82, 2.24) is 5.32 Å². The van der Waals surface area contributed by atoms with Crippen LogP contribution in [0.1, 0.15) is 444 Å². The van der Waals surface area contributed by atoms with E-state index in [0.717, 1.165) is 38.5 Å². The van der Waals surface area contributed by atoms with Crippen molar-refractivity contribution < 1.29 is 24.5 Å². The van der Waals surface area contributed by atoms with E-state index in [1.807, 2.05) is 0 Å². The van der Waals surface area contributed by atoms with Gasteiger partial charge in [0.2, 0.25) is 5.91 Å². The molecule has 0 aliphatic carbocycles. The zero-order valence-corrected chi connectivity index (χ0v) is 56.7. The number of hydrogen-bond donors (Lipinski definition) is 3. The minimum absolute atomic E-state index is 0.0265. The van der Waals surface area contributed by atoms with Crippen LogP contribution in [-0.2, 0) is 14.3 Å². The van der Waals surface area contributed by atoms with Crippen LogP contribution in [-0.4, -0.2) is 47.4 Å². The van der Waals surface area contributed by atoms with Crippen molar-refractivity contribution in [2.45, 2.75) is 456 Å². The summed E-state index contributed by atoms with van der Waals surface area (Å²) in [4.78, 5) is 24.6. The summed E-state index contributed by atoms with van der Waals surface area (Å²) in [5.41, 5.74) is 0. The normalized spacial score (nSPS) is 12.5. The second-order valence-electron chi connectivity index (χ2n) is 26.7. The van der Waals surface area contributed by atoms with Gasteiger partial charge in [0, 0.05) is 12.8 Å². The highest BCUT2D eigenvalue weighted by molar-refractivity contribution is 5.76. The van der Waals surface area contributed by atoms with Gasteiger partial charge in [0.15, 0.2) is 0 Å². The van der Waals surface area contributed by atoms with Crippen LogP contribution in [0.15, 0.2) is 12.2 Å². The van der Waals surface area contributed by atoms with Gasteiger partial charge in [-0.3, -0.25) is 9.59 Å². The Morgan fingerprint density at radius 2 is 0.566 bits per heavy atom. The minimum Gasteiger partial charge on any atom is -0.466 e. The molecule has 0 aliphatic heterocycles. The molecule has 0 fully saturated rings. The van der Waals surface area contributed by atoms with E-state index in [4.69, 9.17) is 4.74 Å². The molecule has 0 rings (SSSR count). The number of aliphatic hydroxyl groups is 2. The fourth-order valence-corrected chi connectivity index (χ4v) is 12.5. The maximum absolute atomic E-state index is 12.5. The maximum Gasteiger partial charge on any atom is 0.305 e. The fourth-order valence-electron chi connectivity index (χ4n) is 12.5. The Bertz CT molecular complexity index is 1260. The van der Waals surface area contributed by atoms with E-state index < -0.39 is 12.1 Å². The molecule has 0 bridgehead atoms. The molecular weight excluding hydrogens is 1020 g/mol. The average molecular weight is 1170 g/mol. The summed E-state index contributed by atoms with van der Waals surface area (Å²) >= 11 is 0. The molecule has 0 radical (unpaired) electrons. The lowest BCUT2D eigenvalue weighted by Gasteiger charge is -2.22. The van der Waals surface area contributed by atoms with Gasteiger partial charge in [0.05, 0.1) is 25.4 Å². The van der Waals surface area contributed by atoms with E-state index in [1.54, 1.807) is 0 Å². The molecule has 0 saturated heterocycles. The molecule has 0 aromatic rings. The first kappa shape index (κ1) is 81.6. The van der Waals surface area contributed by atoms with E-state index in [-0.39, 0.29) is 18.5 Å². The summed E-state index contributed by atoms with van der Waals surface area (Å²) in [7, 11) is 0. The van der Waals surface area contributed by atoms with E-state index in [1.165, 1.54) is 372 Å². The fraction of sp³-hybridized carbons (Fsp3) is 0.948. The molecule has 6 nitrogen and oxygen atoms in total. The smallest absolute Gasteiger partial charge is 0.305 e. The van der Waals surface area contributed by atoms with Crippen molar-refractivity contribution >= 4 is 11.9 Å². The zero-order valence-electron chi connectivity index (χ0n) is 56.7. The molecule has 3 N–H and O–H groups in total. The van der Waals surface area contributed by atoms with E-state index in [2.05, 4.69) is 31.3 Å². The van der Waals surface area contributed by atoms with Gasteiger partial charge in [0.25, 0.3) is 0 Å². The average Bonchev–Trinajstić information content (AvgIpc) is 3.49. The molecule has 1 amide bonds. The van der Waals surface area contributed by atoms with Crippen LogP contribution in [0.4, 0.5) is 0 Å². The van der Waals surface area contributed by atoms with Gasteiger partial charge >= 0.3 is 5.97 Å². The standard InChI is InChI=1S/C77H151NO5/c1-3-5-7-9-11-13-15-17-18-40-44-47-51-55-59-63-67-71-77(82)83-72-68-64-60-56-52-48-45-42-39-37-35-33-31-29-27-25-23-21-19-20-22-24-26-28-30-32-34-36-38-41-43-46-50-54-58-62-66-70-76(81)78-74(73-79)75(80)69-65-61-57-53-49-16-14-12-10-8-6-4-2/h19,21,74-75,79-80H,3-18,20,22-73H2,1-2H3,(H,78,81)/b21-19-.